The molecule has 6 heteroatoms. The van der Waals surface area contributed by atoms with Crippen molar-refractivity contribution >= 4 is 17.3 Å². The van der Waals surface area contributed by atoms with Crippen LogP contribution in [0.1, 0.15) is 20.8 Å². The number of benzene rings is 1. The van der Waals surface area contributed by atoms with Crippen molar-refractivity contribution in [2.24, 2.45) is 0 Å². The van der Waals surface area contributed by atoms with Gasteiger partial charge in [-0.25, -0.2) is 4.79 Å². The van der Waals surface area contributed by atoms with Crippen molar-refractivity contribution in [1.82, 2.24) is 0 Å². The molecule has 0 bridgehead atoms. The van der Waals surface area contributed by atoms with Crippen LogP contribution in [0.2, 0.25) is 0 Å². The van der Waals surface area contributed by atoms with Crippen molar-refractivity contribution in [3.63, 3.8) is 0 Å². The topological polar surface area (TPSA) is 37.3 Å². The van der Waals surface area contributed by atoms with Crippen molar-refractivity contribution in [1.29, 1.82) is 0 Å². The highest BCUT2D eigenvalue weighted by Crippen LogP contribution is 2.34. The van der Waals surface area contributed by atoms with E-state index in [0.29, 0.717) is 16.0 Å². The lowest BCUT2D eigenvalue weighted by Gasteiger charge is -2.06. The van der Waals surface area contributed by atoms with Crippen molar-refractivity contribution in [2.75, 3.05) is 0 Å². The Morgan fingerprint density at radius 1 is 1.21 bits per heavy atom. The molecule has 0 spiro atoms. The first-order chi connectivity index (χ1) is 8.79. The summed E-state index contributed by atoms with van der Waals surface area (Å²) in [6.45, 7) is 1.66. The molecular weight excluding hydrogens is 277 g/mol. The summed E-state index contributed by atoms with van der Waals surface area (Å²) in [5.41, 5.74) is 0.462. The summed E-state index contributed by atoms with van der Waals surface area (Å²) >= 11 is 1.05. The summed E-state index contributed by atoms with van der Waals surface area (Å²) < 4.78 is 37.3. The van der Waals surface area contributed by atoms with Gasteiger partial charge in [0.1, 0.15) is 4.88 Å². The predicted molar refractivity (Wildman–Crippen MR) is 66.5 cm³/mol. The van der Waals surface area contributed by atoms with Crippen LogP contribution in [0.4, 0.5) is 13.2 Å². The Morgan fingerprint density at radius 3 is 2.21 bits per heavy atom. The van der Waals surface area contributed by atoms with Crippen LogP contribution in [0.15, 0.2) is 30.3 Å². The Morgan fingerprint density at radius 2 is 1.79 bits per heavy atom. The first-order valence-electron chi connectivity index (χ1n) is 5.30. The van der Waals surface area contributed by atoms with Gasteiger partial charge in [-0.1, -0.05) is 12.1 Å². The highest BCUT2D eigenvalue weighted by molar-refractivity contribution is 7.17. The van der Waals surface area contributed by atoms with E-state index >= 15 is 0 Å². The maximum absolute atomic E-state index is 12.4. The molecule has 19 heavy (non-hydrogen) atoms. The zero-order valence-corrected chi connectivity index (χ0v) is 10.6. The maximum Gasteiger partial charge on any atom is 0.416 e. The molecule has 1 N–H and O–H groups in total. The number of hydrogen-bond acceptors (Lipinski definition) is 2. The Labute approximate surface area is 111 Å². The van der Waals surface area contributed by atoms with E-state index in [1.54, 1.807) is 13.0 Å². The van der Waals surface area contributed by atoms with Crippen LogP contribution in [0.25, 0.3) is 10.4 Å². The van der Waals surface area contributed by atoms with Crippen LogP contribution in [0.5, 0.6) is 0 Å². The summed E-state index contributed by atoms with van der Waals surface area (Å²) in [7, 11) is 0. The van der Waals surface area contributed by atoms with Crippen LogP contribution in [0, 0.1) is 6.92 Å². The van der Waals surface area contributed by atoms with Crippen molar-refractivity contribution in [2.45, 2.75) is 13.1 Å². The van der Waals surface area contributed by atoms with E-state index in [4.69, 9.17) is 5.11 Å². The normalized spacial score (nSPS) is 11.6. The lowest BCUT2D eigenvalue weighted by Crippen LogP contribution is -2.03. The number of hydrogen-bond donors (Lipinski definition) is 1. The molecule has 0 aliphatic heterocycles. The summed E-state index contributed by atoms with van der Waals surface area (Å²) in [6, 6.07) is 6.34. The Hall–Kier alpha value is -1.82. The lowest BCUT2D eigenvalue weighted by molar-refractivity contribution is -0.137. The number of halogens is 3. The average molecular weight is 286 g/mol. The summed E-state index contributed by atoms with van der Waals surface area (Å²) in [6.07, 6.45) is -4.36. The maximum atomic E-state index is 12.4. The zero-order chi connectivity index (χ0) is 14.2. The molecule has 0 radical (unpaired) electrons. The predicted octanol–water partition coefficient (Wildman–Crippen LogP) is 4.44. The van der Waals surface area contributed by atoms with Crippen LogP contribution in [-0.2, 0) is 6.18 Å². The second-order valence-electron chi connectivity index (χ2n) is 4.00. The summed E-state index contributed by atoms with van der Waals surface area (Å²) in [4.78, 5) is 11.8. The Bertz CT molecular complexity index is 612. The Balaban J connectivity index is 2.38. The van der Waals surface area contributed by atoms with E-state index in [1.165, 1.54) is 12.1 Å². The van der Waals surface area contributed by atoms with E-state index in [9.17, 15) is 18.0 Å². The Kier molecular flexibility index (Phi) is 3.36. The molecule has 1 heterocycles. The van der Waals surface area contributed by atoms with Gasteiger partial charge in [0, 0.05) is 4.88 Å². The van der Waals surface area contributed by atoms with Crippen LogP contribution in [-0.4, -0.2) is 11.1 Å². The summed E-state index contributed by atoms with van der Waals surface area (Å²) in [5, 5.41) is 8.94. The summed E-state index contributed by atoms with van der Waals surface area (Å²) in [5.74, 6) is -1.03. The van der Waals surface area contributed by atoms with Gasteiger partial charge in [-0.05, 0) is 36.2 Å². The molecular formula is C13H9F3O2S. The fourth-order valence-corrected chi connectivity index (χ4v) is 2.68. The van der Waals surface area contributed by atoms with E-state index in [-0.39, 0.29) is 4.88 Å². The number of aromatic carboxylic acids is 1. The second kappa shape index (κ2) is 4.70. The van der Waals surface area contributed by atoms with Gasteiger partial charge in [0.05, 0.1) is 5.56 Å². The standard InChI is InChI=1S/C13H9F3O2S/c1-7-6-10(19-11(7)12(17)18)8-2-4-9(5-3-8)13(14,15)16/h2-6H,1H3,(H,17,18). The number of alkyl halides is 3. The third kappa shape index (κ3) is 2.78. The first kappa shape index (κ1) is 13.6. The minimum atomic E-state index is -4.36. The van der Waals surface area contributed by atoms with E-state index < -0.39 is 17.7 Å². The molecule has 0 fully saturated rings. The highest BCUT2D eigenvalue weighted by Gasteiger charge is 2.30. The van der Waals surface area contributed by atoms with Gasteiger partial charge >= 0.3 is 12.1 Å². The van der Waals surface area contributed by atoms with Crippen molar-refractivity contribution in [3.8, 4) is 10.4 Å². The molecule has 0 amide bonds. The molecule has 1 aromatic carbocycles. The quantitative estimate of drug-likeness (QED) is 0.886. The van der Waals surface area contributed by atoms with Crippen LogP contribution >= 0.6 is 11.3 Å². The molecule has 100 valence electrons. The van der Waals surface area contributed by atoms with Gasteiger partial charge in [-0.3, -0.25) is 0 Å². The van der Waals surface area contributed by atoms with Gasteiger partial charge in [0.25, 0.3) is 0 Å². The smallest absolute Gasteiger partial charge is 0.416 e. The van der Waals surface area contributed by atoms with E-state index in [0.717, 1.165) is 23.5 Å². The highest BCUT2D eigenvalue weighted by atomic mass is 32.1. The number of thiophene rings is 1. The number of carboxylic acid groups (broad SMARTS) is 1. The third-order valence-electron chi connectivity index (χ3n) is 2.61. The molecule has 2 nitrogen and oxygen atoms in total. The van der Waals surface area contributed by atoms with Gasteiger partial charge < -0.3 is 5.11 Å². The fourth-order valence-electron chi connectivity index (χ4n) is 1.66. The zero-order valence-electron chi connectivity index (χ0n) is 9.78. The largest absolute Gasteiger partial charge is 0.477 e. The molecule has 1 aromatic heterocycles. The van der Waals surface area contributed by atoms with Crippen LogP contribution in [0.3, 0.4) is 0 Å². The molecule has 0 aliphatic carbocycles. The number of carbonyl (C=O) groups is 1. The monoisotopic (exact) mass is 286 g/mol. The minimum Gasteiger partial charge on any atom is -0.477 e. The molecule has 0 unspecified atom stereocenters. The van der Waals surface area contributed by atoms with E-state index in [1.807, 2.05) is 0 Å². The molecule has 0 saturated heterocycles. The number of carboxylic acids is 1. The number of rotatable bonds is 2. The second-order valence-corrected chi connectivity index (χ2v) is 5.06. The first-order valence-corrected chi connectivity index (χ1v) is 6.12. The van der Waals surface area contributed by atoms with Gasteiger partial charge in [-0.15, -0.1) is 11.3 Å². The molecule has 2 rings (SSSR count). The lowest BCUT2D eigenvalue weighted by atomic mass is 10.1. The van der Waals surface area contributed by atoms with Gasteiger partial charge in [0.15, 0.2) is 0 Å². The SMILES string of the molecule is Cc1cc(-c2ccc(C(F)(F)F)cc2)sc1C(=O)O. The molecule has 0 aliphatic rings. The molecule has 2 aromatic rings. The fraction of sp³-hybridized carbons (Fsp3) is 0.154. The van der Waals surface area contributed by atoms with Crippen molar-refractivity contribution < 1.29 is 23.1 Å². The molecule has 0 atom stereocenters. The average Bonchev–Trinajstić information content (AvgIpc) is 2.70. The third-order valence-corrected chi connectivity index (χ3v) is 3.88. The van der Waals surface area contributed by atoms with E-state index in [2.05, 4.69) is 0 Å². The minimum absolute atomic E-state index is 0.204. The molecule has 0 saturated carbocycles. The van der Waals surface area contributed by atoms with Gasteiger partial charge in [-0.2, -0.15) is 13.2 Å². The van der Waals surface area contributed by atoms with Crippen molar-refractivity contribution in [3.05, 3.63) is 46.3 Å². The number of aryl methyl sites for hydroxylation is 1. The van der Waals surface area contributed by atoms with Crippen LogP contribution < -0.4 is 0 Å². The van der Waals surface area contributed by atoms with Gasteiger partial charge in [0.2, 0.25) is 0 Å².